The Balaban J connectivity index is 0.00000117. The first-order valence-corrected chi connectivity index (χ1v) is 12.4. The summed E-state index contributed by atoms with van der Waals surface area (Å²) in [6.07, 6.45) is 2.93. The van der Waals surface area contributed by atoms with Crippen molar-refractivity contribution in [3.8, 4) is 22.9 Å². The lowest BCUT2D eigenvalue weighted by atomic mass is 9.79. The minimum Gasteiger partial charge on any atom is -0.494 e. The second-order valence-electron chi connectivity index (χ2n) is 9.21. The van der Waals surface area contributed by atoms with Crippen molar-refractivity contribution in [2.24, 2.45) is 5.41 Å². The average molecular weight is 484 g/mol. The summed E-state index contributed by atoms with van der Waals surface area (Å²) in [5.74, 6) is 0.403. The number of aromatic nitrogens is 2. The van der Waals surface area contributed by atoms with Gasteiger partial charge in [0.15, 0.2) is 11.6 Å². The molecule has 5 rings (SSSR count). The topological polar surface area (TPSA) is 62.8 Å². The van der Waals surface area contributed by atoms with Crippen molar-refractivity contribution < 1.29 is 15.3 Å². The maximum Gasteiger partial charge on any atom is 0.213 e. The first-order chi connectivity index (χ1) is 17.0. The third-order valence-corrected chi connectivity index (χ3v) is 6.68. The number of ether oxygens (including phenoxy) is 2. The quantitative estimate of drug-likeness (QED) is 0.498. The maximum atomic E-state index is 14.7. The van der Waals surface area contributed by atoms with Crippen LogP contribution in [0.4, 0.5) is 10.1 Å². The van der Waals surface area contributed by atoms with Crippen LogP contribution in [0.2, 0.25) is 0 Å². The predicted molar refractivity (Wildman–Crippen MR) is 141 cm³/mol. The number of rotatable bonds is 7. The van der Waals surface area contributed by atoms with Crippen molar-refractivity contribution in [3.05, 3.63) is 42.3 Å². The molecule has 0 unspecified atom stereocenters. The molecule has 0 aliphatic carbocycles. The Bertz CT molecular complexity index is 1160. The van der Waals surface area contributed by atoms with E-state index in [4.69, 9.17) is 14.5 Å². The molecule has 35 heavy (non-hydrogen) atoms. The molecule has 7 nitrogen and oxygen atoms in total. The molecular weight excluding hydrogens is 445 g/mol. The summed E-state index contributed by atoms with van der Waals surface area (Å²) >= 11 is 0. The summed E-state index contributed by atoms with van der Waals surface area (Å²) in [5.41, 5.74) is 3.74. The second kappa shape index (κ2) is 10.7. The Labute approximate surface area is 208 Å². The van der Waals surface area contributed by atoms with Gasteiger partial charge >= 0.3 is 0 Å². The zero-order chi connectivity index (χ0) is 25.0. The summed E-state index contributed by atoms with van der Waals surface area (Å²) in [6, 6.07) is 9.12. The minimum atomic E-state index is -0.372. The van der Waals surface area contributed by atoms with Crippen molar-refractivity contribution in [2.45, 2.75) is 20.3 Å². The Hall–Kier alpha value is -2.97. The number of hydrogen-bond donors (Lipinski definition) is 1. The number of benzene rings is 1. The van der Waals surface area contributed by atoms with E-state index in [1.165, 1.54) is 7.11 Å². The average Bonchev–Trinajstić information content (AvgIpc) is 3.30. The van der Waals surface area contributed by atoms with Gasteiger partial charge in [-0.1, -0.05) is 13.8 Å². The van der Waals surface area contributed by atoms with E-state index in [1.54, 1.807) is 18.3 Å². The Morgan fingerprint density at radius 2 is 1.97 bits per heavy atom. The summed E-state index contributed by atoms with van der Waals surface area (Å²) in [6.45, 7) is 9.46. The molecule has 3 aromatic rings. The number of anilines is 1. The summed E-state index contributed by atoms with van der Waals surface area (Å²) in [5, 5.41) is 3.86. The predicted octanol–water partition coefficient (Wildman–Crippen LogP) is 4.46. The third-order valence-electron chi connectivity index (χ3n) is 6.68. The van der Waals surface area contributed by atoms with Crippen LogP contribution >= 0.6 is 0 Å². The molecule has 0 atom stereocenters. The summed E-state index contributed by atoms with van der Waals surface area (Å²) in [7, 11) is 5.52. The van der Waals surface area contributed by atoms with Crippen LogP contribution < -0.4 is 19.7 Å². The van der Waals surface area contributed by atoms with Crippen LogP contribution in [0.25, 0.3) is 22.2 Å². The first-order valence-electron chi connectivity index (χ1n) is 12.4. The number of pyridine rings is 2. The zero-order valence-electron chi connectivity index (χ0n) is 21.4. The van der Waals surface area contributed by atoms with Crippen LogP contribution in [0.1, 0.15) is 21.7 Å². The van der Waals surface area contributed by atoms with Crippen molar-refractivity contribution in [2.75, 3.05) is 65.4 Å². The maximum absolute atomic E-state index is 14.7. The molecule has 2 saturated heterocycles. The number of likely N-dealkylation sites (tertiary alicyclic amines) is 1. The number of halogens is 1. The van der Waals surface area contributed by atoms with Crippen molar-refractivity contribution in [3.63, 3.8) is 0 Å². The minimum absolute atomic E-state index is 0. The fraction of sp³-hybridized carbons (Fsp3) is 0.481. The van der Waals surface area contributed by atoms with Crippen molar-refractivity contribution in [1.82, 2.24) is 20.2 Å². The number of likely N-dealkylation sites (N-methyl/N-ethyl adjacent to an activating group) is 1. The third kappa shape index (κ3) is 5.18. The molecule has 0 bridgehead atoms. The van der Waals surface area contributed by atoms with Gasteiger partial charge in [0.05, 0.1) is 18.3 Å². The molecule has 2 aliphatic heterocycles. The molecule has 1 spiro atoms. The number of hydrogen-bond acceptors (Lipinski definition) is 7. The number of methoxy groups -OCH3 is 1. The van der Waals surface area contributed by atoms with E-state index in [0.717, 1.165) is 61.5 Å². The van der Waals surface area contributed by atoms with E-state index < -0.39 is 0 Å². The van der Waals surface area contributed by atoms with Crippen LogP contribution in [-0.4, -0.2) is 75.4 Å². The summed E-state index contributed by atoms with van der Waals surface area (Å²) in [4.78, 5) is 14.0. The summed E-state index contributed by atoms with van der Waals surface area (Å²) < 4.78 is 25.5. The largest absolute Gasteiger partial charge is 0.494 e. The lowest BCUT2D eigenvalue weighted by Crippen LogP contribution is -2.55. The zero-order valence-corrected chi connectivity index (χ0v) is 21.4. The van der Waals surface area contributed by atoms with Gasteiger partial charge in [0.1, 0.15) is 6.61 Å². The molecule has 2 fully saturated rings. The van der Waals surface area contributed by atoms with Gasteiger partial charge in [0, 0.05) is 74.5 Å². The van der Waals surface area contributed by atoms with Gasteiger partial charge in [-0.15, -0.1) is 0 Å². The van der Waals surface area contributed by atoms with Gasteiger partial charge in [-0.3, -0.25) is 0 Å². The van der Waals surface area contributed by atoms with Gasteiger partial charge in [-0.25, -0.2) is 14.4 Å². The molecule has 8 heteroatoms. The van der Waals surface area contributed by atoms with Crippen molar-refractivity contribution in [1.29, 1.82) is 0 Å². The van der Waals surface area contributed by atoms with Crippen LogP contribution in [0, 0.1) is 11.2 Å². The fourth-order valence-electron chi connectivity index (χ4n) is 5.15. The van der Waals surface area contributed by atoms with E-state index in [-0.39, 0.29) is 13.0 Å². The SMILES string of the molecule is CC.CNCCOc1ccc(-c2cc(N3CCC4(CN(C)C4)C3)c3cc(F)c(OC)cc3n2)cn1.[HH]. The molecule has 0 saturated carbocycles. The lowest BCUT2D eigenvalue weighted by molar-refractivity contribution is 0.0424. The standard InChI is InChI=1S/C25H30FN5O2.C2H6.H2/c1-27-7-9-33-24-5-4-17(13-28-24)20-11-22(31-8-6-25(16-31)14-30(2)15-25)18-10-19(26)23(32-3)12-21(18)29-20;1-2;/h4-5,10-13,27H,6-9,14-16H2,1-3H3;1-2H3;1H. The van der Waals surface area contributed by atoms with Crippen LogP contribution in [0.15, 0.2) is 36.5 Å². The van der Waals surface area contributed by atoms with Crippen LogP contribution in [0.5, 0.6) is 11.6 Å². The Kier molecular flexibility index (Phi) is 7.72. The highest BCUT2D eigenvalue weighted by molar-refractivity contribution is 5.95. The molecule has 1 N–H and O–H groups in total. The molecule has 2 aliphatic rings. The van der Waals surface area contributed by atoms with E-state index in [2.05, 4.69) is 33.2 Å². The highest BCUT2D eigenvalue weighted by Crippen LogP contribution is 2.43. The highest BCUT2D eigenvalue weighted by Gasteiger charge is 2.46. The Morgan fingerprint density at radius 3 is 2.63 bits per heavy atom. The van der Waals surface area contributed by atoms with Gasteiger partial charge in [-0.05, 0) is 38.7 Å². The normalized spacial score (nSPS) is 16.7. The fourth-order valence-corrected chi connectivity index (χ4v) is 5.15. The molecule has 0 amide bonds. The van der Waals surface area contributed by atoms with Gasteiger partial charge in [-0.2, -0.15) is 0 Å². The highest BCUT2D eigenvalue weighted by atomic mass is 19.1. The molecule has 0 radical (unpaired) electrons. The number of fused-ring (bicyclic) bond motifs is 1. The Morgan fingerprint density at radius 1 is 1.17 bits per heavy atom. The van der Waals surface area contributed by atoms with E-state index >= 15 is 0 Å². The number of nitrogens with one attached hydrogen (secondary N) is 1. The molecular formula is C27H38FN5O2. The molecule has 190 valence electrons. The monoisotopic (exact) mass is 483 g/mol. The van der Waals surface area contributed by atoms with E-state index in [1.807, 2.05) is 33.0 Å². The second-order valence-corrected chi connectivity index (χ2v) is 9.21. The van der Waals surface area contributed by atoms with Gasteiger partial charge in [0.2, 0.25) is 5.88 Å². The molecule has 1 aromatic carbocycles. The van der Waals surface area contributed by atoms with E-state index in [0.29, 0.717) is 23.4 Å². The van der Waals surface area contributed by atoms with Crippen molar-refractivity contribution >= 4 is 16.6 Å². The lowest BCUT2D eigenvalue weighted by Gasteiger charge is -2.46. The smallest absolute Gasteiger partial charge is 0.213 e. The number of nitrogens with zero attached hydrogens (tertiary/aromatic N) is 4. The first kappa shape index (κ1) is 25.1. The van der Waals surface area contributed by atoms with Crippen LogP contribution in [0.3, 0.4) is 0 Å². The molecule has 2 aromatic heterocycles. The van der Waals surface area contributed by atoms with Gasteiger partial charge < -0.3 is 24.6 Å². The van der Waals surface area contributed by atoms with E-state index in [9.17, 15) is 4.39 Å². The van der Waals surface area contributed by atoms with Crippen LogP contribution in [-0.2, 0) is 0 Å². The van der Waals surface area contributed by atoms with Gasteiger partial charge in [0.25, 0.3) is 0 Å². The molecule has 4 heterocycles.